The van der Waals surface area contributed by atoms with Crippen LogP contribution >= 0.6 is 0 Å². The fourth-order valence-corrected chi connectivity index (χ4v) is 0.786. The Kier molecular flexibility index (Phi) is 1.56. The van der Waals surface area contributed by atoms with Crippen molar-refractivity contribution in [3.8, 4) is 0 Å². The van der Waals surface area contributed by atoms with E-state index in [1.165, 1.54) is 6.08 Å². The summed E-state index contributed by atoms with van der Waals surface area (Å²) in [7, 11) is 1.82. The Morgan fingerprint density at radius 1 is 1.78 bits per heavy atom. The summed E-state index contributed by atoms with van der Waals surface area (Å²) in [6.45, 7) is 3.40. The molecule has 50 valence electrons. The summed E-state index contributed by atoms with van der Waals surface area (Å²) in [6.07, 6.45) is 3.68. The number of likely N-dealkylation sites (N-methyl/N-ethyl adjacent to an activating group) is 1. The van der Waals surface area contributed by atoms with Gasteiger partial charge in [0.25, 0.3) is 0 Å². The van der Waals surface area contributed by atoms with E-state index in [9.17, 15) is 4.79 Å². The quantitative estimate of drug-likeness (QED) is 0.500. The molecule has 0 spiro atoms. The van der Waals surface area contributed by atoms with Crippen LogP contribution in [0.25, 0.3) is 0 Å². The van der Waals surface area contributed by atoms with Crippen LogP contribution in [-0.4, -0.2) is 23.9 Å². The normalized spacial score (nSPS) is 17.0. The van der Waals surface area contributed by atoms with Crippen molar-refractivity contribution in [1.82, 2.24) is 4.90 Å². The minimum atomic E-state index is 0.0394. The molecule has 0 unspecified atom stereocenters. The topological polar surface area (TPSA) is 20.3 Å². The zero-order valence-corrected chi connectivity index (χ0v) is 5.63. The average Bonchev–Trinajstić information content (AvgIpc) is 2.66. The number of carbonyl (C=O) groups excluding carboxylic acids is 1. The van der Waals surface area contributed by atoms with Gasteiger partial charge in [-0.15, -0.1) is 0 Å². The van der Waals surface area contributed by atoms with Gasteiger partial charge in [-0.2, -0.15) is 0 Å². The van der Waals surface area contributed by atoms with Gasteiger partial charge in [-0.1, -0.05) is 6.58 Å². The summed E-state index contributed by atoms with van der Waals surface area (Å²) in [5, 5.41) is 0. The van der Waals surface area contributed by atoms with E-state index in [2.05, 4.69) is 6.58 Å². The average molecular weight is 125 g/mol. The predicted octanol–water partition coefficient (Wildman–Crippen LogP) is 0.793. The van der Waals surface area contributed by atoms with Gasteiger partial charge in [0.15, 0.2) is 0 Å². The number of rotatable bonds is 2. The van der Waals surface area contributed by atoms with Gasteiger partial charge in [-0.05, 0) is 18.9 Å². The van der Waals surface area contributed by atoms with Crippen molar-refractivity contribution >= 4 is 5.91 Å². The summed E-state index contributed by atoms with van der Waals surface area (Å²) in [5.41, 5.74) is 0. The largest absolute Gasteiger partial charge is 0.339 e. The molecule has 1 aliphatic rings. The first-order chi connectivity index (χ1) is 4.25. The lowest BCUT2D eigenvalue weighted by atomic mass is 10.5. The zero-order chi connectivity index (χ0) is 6.85. The van der Waals surface area contributed by atoms with Gasteiger partial charge in [0.1, 0.15) is 0 Å². The van der Waals surface area contributed by atoms with Crippen LogP contribution in [0.2, 0.25) is 0 Å². The minimum Gasteiger partial charge on any atom is -0.339 e. The van der Waals surface area contributed by atoms with Gasteiger partial charge < -0.3 is 4.90 Å². The number of carbonyl (C=O) groups is 1. The fourth-order valence-electron chi connectivity index (χ4n) is 0.786. The maximum Gasteiger partial charge on any atom is 0.245 e. The van der Waals surface area contributed by atoms with E-state index in [0.717, 1.165) is 12.8 Å². The molecule has 1 saturated carbocycles. The molecule has 0 saturated heterocycles. The number of hydrogen-bond acceptors (Lipinski definition) is 1. The molecule has 2 nitrogen and oxygen atoms in total. The lowest BCUT2D eigenvalue weighted by Gasteiger charge is -2.12. The molecule has 1 aliphatic carbocycles. The Morgan fingerprint density at radius 3 is 2.67 bits per heavy atom. The van der Waals surface area contributed by atoms with Gasteiger partial charge in [-0.25, -0.2) is 0 Å². The Morgan fingerprint density at radius 2 is 2.33 bits per heavy atom. The molecule has 0 radical (unpaired) electrons. The van der Waals surface area contributed by atoms with Crippen molar-refractivity contribution in [2.45, 2.75) is 18.9 Å². The first-order valence-electron chi connectivity index (χ1n) is 3.15. The Bertz CT molecular complexity index is 138. The molecule has 0 N–H and O–H groups in total. The van der Waals surface area contributed by atoms with Crippen molar-refractivity contribution in [1.29, 1.82) is 0 Å². The van der Waals surface area contributed by atoms with Crippen molar-refractivity contribution < 1.29 is 4.79 Å². The standard InChI is InChI=1S/C7H11NO/c1-3-7(9)8(2)6-4-5-6/h3,6H,1,4-5H2,2H3. The molecule has 2 heteroatoms. The second kappa shape index (κ2) is 2.21. The van der Waals surface area contributed by atoms with E-state index < -0.39 is 0 Å². The van der Waals surface area contributed by atoms with Gasteiger partial charge >= 0.3 is 0 Å². The molecule has 0 bridgehead atoms. The lowest BCUT2D eigenvalue weighted by molar-refractivity contribution is -0.125. The first-order valence-corrected chi connectivity index (χ1v) is 3.15. The van der Waals surface area contributed by atoms with E-state index in [4.69, 9.17) is 0 Å². The van der Waals surface area contributed by atoms with Gasteiger partial charge in [-0.3, -0.25) is 4.79 Å². The van der Waals surface area contributed by atoms with Crippen LogP contribution in [0.15, 0.2) is 12.7 Å². The third-order valence-electron chi connectivity index (χ3n) is 1.62. The maximum absolute atomic E-state index is 10.8. The van der Waals surface area contributed by atoms with E-state index in [-0.39, 0.29) is 5.91 Å². The zero-order valence-electron chi connectivity index (χ0n) is 5.63. The van der Waals surface area contributed by atoms with Crippen LogP contribution in [0.5, 0.6) is 0 Å². The molecular formula is C7H11NO. The molecule has 0 aromatic carbocycles. The number of nitrogens with zero attached hydrogens (tertiary/aromatic N) is 1. The highest BCUT2D eigenvalue weighted by atomic mass is 16.2. The minimum absolute atomic E-state index is 0.0394. The van der Waals surface area contributed by atoms with Gasteiger partial charge in [0.2, 0.25) is 5.91 Å². The van der Waals surface area contributed by atoms with E-state index >= 15 is 0 Å². The SMILES string of the molecule is C=CC(=O)N(C)C1CC1. The Balaban J connectivity index is 2.39. The lowest BCUT2D eigenvalue weighted by Crippen LogP contribution is -2.26. The van der Waals surface area contributed by atoms with Crippen LogP contribution in [0, 0.1) is 0 Å². The molecular weight excluding hydrogens is 114 g/mol. The summed E-state index contributed by atoms with van der Waals surface area (Å²) >= 11 is 0. The maximum atomic E-state index is 10.8. The second-order valence-electron chi connectivity index (χ2n) is 2.38. The molecule has 0 heterocycles. The molecule has 0 aromatic rings. The van der Waals surface area contributed by atoms with Gasteiger partial charge in [0.05, 0.1) is 0 Å². The summed E-state index contributed by atoms with van der Waals surface area (Å²) in [4.78, 5) is 12.5. The molecule has 1 rings (SSSR count). The third-order valence-corrected chi connectivity index (χ3v) is 1.62. The Hall–Kier alpha value is -0.790. The highest BCUT2D eigenvalue weighted by Gasteiger charge is 2.27. The number of hydrogen-bond donors (Lipinski definition) is 0. The van der Waals surface area contributed by atoms with Crippen molar-refractivity contribution in [3.63, 3.8) is 0 Å². The van der Waals surface area contributed by atoms with Crippen LogP contribution in [0.4, 0.5) is 0 Å². The molecule has 0 aliphatic heterocycles. The van der Waals surface area contributed by atoms with Crippen LogP contribution in [-0.2, 0) is 4.79 Å². The summed E-state index contributed by atoms with van der Waals surface area (Å²) in [5.74, 6) is 0.0394. The molecule has 1 amide bonds. The van der Waals surface area contributed by atoms with Crippen molar-refractivity contribution in [2.75, 3.05) is 7.05 Å². The smallest absolute Gasteiger partial charge is 0.245 e. The van der Waals surface area contributed by atoms with Crippen LogP contribution in [0.1, 0.15) is 12.8 Å². The van der Waals surface area contributed by atoms with Crippen molar-refractivity contribution in [3.05, 3.63) is 12.7 Å². The summed E-state index contributed by atoms with van der Waals surface area (Å²) in [6, 6.07) is 0.510. The fraction of sp³-hybridized carbons (Fsp3) is 0.571. The predicted molar refractivity (Wildman–Crippen MR) is 36.0 cm³/mol. The monoisotopic (exact) mass is 125 g/mol. The second-order valence-corrected chi connectivity index (χ2v) is 2.38. The first kappa shape index (κ1) is 6.33. The molecule has 9 heavy (non-hydrogen) atoms. The Labute approximate surface area is 55.2 Å². The summed E-state index contributed by atoms with van der Waals surface area (Å²) < 4.78 is 0. The van der Waals surface area contributed by atoms with Gasteiger partial charge in [0, 0.05) is 13.1 Å². The molecule has 1 fully saturated rings. The van der Waals surface area contributed by atoms with E-state index in [1.54, 1.807) is 4.90 Å². The number of amides is 1. The van der Waals surface area contributed by atoms with Crippen LogP contribution in [0.3, 0.4) is 0 Å². The van der Waals surface area contributed by atoms with E-state index in [1.807, 2.05) is 7.05 Å². The van der Waals surface area contributed by atoms with Crippen LogP contribution < -0.4 is 0 Å². The highest BCUT2D eigenvalue weighted by Crippen LogP contribution is 2.25. The molecule has 0 aromatic heterocycles. The molecule has 0 atom stereocenters. The highest BCUT2D eigenvalue weighted by molar-refractivity contribution is 5.87. The van der Waals surface area contributed by atoms with Crippen molar-refractivity contribution in [2.24, 2.45) is 0 Å². The third kappa shape index (κ3) is 1.31. The van der Waals surface area contributed by atoms with E-state index in [0.29, 0.717) is 6.04 Å².